The van der Waals surface area contributed by atoms with Crippen molar-refractivity contribution in [2.75, 3.05) is 11.9 Å². The van der Waals surface area contributed by atoms with Crippen molar-refractivity contribution in [3.05, 3.63) is 77.1 Å². The third-order valence-corrected chi connectivity index (χ3v) is 8.13. The van der Waals surface area contributed by atoms with Gasteiger partial charge in [-0.05, 0) is 55.9 Å². The molecule has 2 atom stereocenters. The molecule has 0 spiro atoms. The molecular weight excluding hydrogens is 546 g/mol. The van der Waals surface area contributed by atoms with Gasteiger partial charge < -0.3 is 14.8 Å². The van der Waals surface area contributed by atoms with Crippen LogP contribution in [0.4, 0.5) is 10.6 Å². The van der Waals surface area contributed by atoms with Gasteiger partial charge in [0.2, 0.25) is 5.82 Å². The van der Waals surface area contributed by atoms with E-state index in [1.165, 1.54) is 0 Å². The zero-order chi connectivity index (χ0) is 30.4. The van der Waals surface area contributed by atoms with Crippen molar-refractivity contribution in [1.82, 2.24) is 29.9 Å². The summed E-state index contributed by atoms with van der Waals surface area (Å²) in [7, 11) is 0. The van der Waals surface area contributed by atoms with Crippen molar-refractivity contribution in [3.8, 4) is 5.75 Å². The standard InChI is InChI=1S/C32H37N7O4/c1-6-42-28(40)27-34-24(31(2,3)4)17-25(35-27)36-30(41)33-22-12-13-23(21-10-8-7-9-20(21)22)43-19-11-14-26-37-38-29(39(26)18-19)32(5)15-16-32/h7-11,14,17-18,22-23H,6,12-13,15-16H2,1-5H3,(H2,33,34,35,36,41)/t22-,23+/m0/s1. The number of rotatable bonds is 7. The lowest BCUT2D eigenvalue weighted by Crippen LogP contribution is -2.36. The molecule has 2 N–H and O–H groups in total. The molecule has 3 heterocycles. The van der Waals surface area contributed by atoms with E-state index in [0.29, 0.717) is 18.5 Å². The minimum atomic E-state index is -0.634. The molecule has 3 aromatic heterocycles. The van der Waals surface area contributed by atoms with Crippen LogP contribution in [0.25, 0.3) is 5.65 Å². The van der Waals surface area contributed by atoms with Gasteiger partial charge in [-0.3, -0.25) is 9.72 Å². The second-order valence-corrected chi connectivity index (χ2v) is 12.6. The molecule has 11 nitrogen and oxygen atoms in total. The molecule has 0 unspecified atom stereocenters. The van der Waals surface area contributed by atoms with E-state index in [4.69, 9.17) is 9.47 Å². The van der Waals surface area contributed by atoms with Crippen LogP contribution in [0.15, 0.2) is 48.7 Å². The molecule has 0 aliphatic heterocycles. The summed E-state index contributed by atoms with van der Waals surface area (Å²) in [6.07, 6.45) is 5.41. The molecule has 0 bridgehead atoms. The highest BCUT2D eigenvalue weighted by Crippen LogP contribution is 2.47. The summed E-state index contributed by atoms with van der Waals surface area (Å²) in [5.41, 5.74) is 3.16. The third kappa shape index (κ3) is 5.89. The van der Waals surface area contributed by atoms with Gasteiger partial charge in [-0.2, -0.15) is 0 Å². The van der Waals surface area contributed by atoms with Crippen LogP contribution in [0.2, 0.25) is 0 Å². The number of nitrogens with zero attached hydrogens (tertiary/aromatic N) is 5. The Labute approximate surface area is 250 Å². The minimum absolute atomic E-state index is 0.0788. The van der Waals surface area contributed by atoms with Gasteiger partial charge in [0.05, 0.1) is 24.5 Å². The van der Waals surface area contributed by atoms with Gasteiger partial charge in [-0.25, -0.2) is 19.6 Å². The van der Waals surface area contributed by atoms with Gasteiger partial charge in [-0.1, -0.05) is 52.0 Å². The summed E-state index contributed by atoms with van der Waals surface area (Å²) in [6.45, 7) is 10.1. The summed E-state index contributed by atoms with van der Waals surface area (Å²) in [5, 5.41) is 14.7. The van der Waals surface area contributed by atoms with E-state index >= 15 is 0 Å². The number of benzene rings is 1. The fourth-order valence-corrected chi connectivity index (χ4v) is 5.44. The average molecular weight is 584 g/mol. The number of urea groups is 1. The molecular formula is C32H37N7O4. The Morgan fingerprint density at radius 1 is 1.05 bits per heavy atom. The molecule has 43 heavy (non-hydrogen) atoms. The monoisotopic (exact) mass is 583 g/mol. The Morgan fingerprint density at radius 2 is 1.81 bits per heavy atom. The number of amides is 2. The highest BCUT2D eigenvalue weighted by Gasteiger charge is 2.43. The SMILES string of the molecule is CCOC(=O)c1nc(NC(=O)N[C@H]2CC[C@@H](Oc3ccc4nnc(C5(C)CC5)n4c3)c3ccccc32)cc(C(C)(C)C)n1. The predicted octanol–water partition coefficient (Wildman–Crippen LogP) is 5.82. The molecule has 2 aliphatic carbocycles. The number of carbonyl (C=O) groups excluding carboxylic acids is 2. The van der Waals surface area contributed by atoms with Crippen molar-refractivity contribution in [3.63, 3.8) is 0 Å². The average Bonchev–Trinajstić information content (AvgIpc) is 3.57. The van der Waals surface area contributed by atoms with Gasteiger partial charge in [-0.15, -0.1) is 10.2 Å². The van der Waals surface area contributed by atoms with Crippen LogP contribution in [0.5, 0.6) is 5.75 Å². The lowest BCUT2D eigenvalue weighted by molar-refractivity contribution is 0.0511. The number of hydrogen-bond donors (Lipinski definition) is 2. The fraction of sp³-hybridized carbons (Fsp3) is 0.438. The quantitative estimate of drug-likeness (QED) is 0.260. The van der Waals surface area contributed by atoms with Gasteiger partial charge in [0.25, 0.3) is 0 Å². The molecule has 224 valence electrons. The van der Waals surface area contributed by atoms with Crippen LogP contribution in [0.3, 0.4) is 0 Å². The second-order valence-electron chi connectivity index (χ2n) is 12.6. The first kappa shape index (κ1) is 28.6. The van der Waals surface area contributed by atoms with Crippen molar-refractivity contribution < 1.29 is 19.1 Å². The zero-order valence-electron chi connectivity index (χ0n) is 25.2. The van der Waals surface area contributed by atoms with Crippen molar-refractivity contribution in [2.24, 2.45) is 0 Å². The van der Waals surface area contributed by atoms with Gasteiger partial charge in [0.1, 0.15) is 23.5 Å². The number of nitrogens with one attached hydrogen (secondary N) is 2. The summed E-state index contributed by atoms with van der Waals surface area (Å²) in [5.74, 6) is 1.23. The first-order valence-electron chi connectivity index (χ1n) is 14.8. The molecule has 0 radical (unpaired) electrons. The highest BCUT2D eigenvalue weighted by molar-refractivity contribution is 5.90. The van der Waals surface area contributed by atoms with Gasteiger partial charge in [0, 0.05) is 16.9 Å². The molecule has 1 fully saturated rings. The van der Waals surface area contributed by atoms with E-state index in [0.717, 1.165) is 41.2 Å². The normalized spacial score (nSPS) is 18.9. The summed E-state index contributed by atoms with van der Waals surface area (Å²) >= 11 is 0. The maximum absolute atomic E-state index is 13.2. The molecule has 2 aliphatic rings. The number of ether oxygens (including phenoxy) is 2. The molecule has 11 heteroatoms. The largest absolute Gasteiger partial charge is 0.484 e. The number of aromatic nitrogens is 5. The molecule has 6 rings (SSSR count). The number of hydrogen-bond acceptors (Lipinski definition) is 8. The number of anilines is 1. The lowest BCUT2D eigenvalue weighted by Gasteiger charge is -2.32. The van der Waals surface area contributed by atoms with Gasteiger partial charge >= 0.3 is 12.0 Å². The van der Waals surface area contributed by atoms with Crippen LogP contribution in [0.1, 0.15) is 106 Å². The Balaban J connectivity index is 1.18. The predicted molar refractivity (Wildman–Crippen MR) is 160 cm³/mol. The van der Waals surface area contributed by atoms with Crippen molar-refractivity contribution in [2.45, 2.75) is 83.3 Å². The maximum atomic E-state index is 13.2. The number of pyridine rings is 1. The smallest absolute Gasteiger partial charge is 0.376 e. The van der Waals surface area contributed by atoms with E-state index in [1.807, 2.05) is 67.8 Å². The molecule has 0 saturated heterocycles. The van der Waals surface area contributed by atoms with E-state index < -0.39 is 12.0 Å². The topological polar surface area (TPSA) is 133 Å². The van der Waals surface area contributed by atoms with Crippen LogP contribution in [-0.2, 0) is 15.6 Å². The lowest BCUT2D eigenvalue weighted by atomic mass is 9.85. The first-order valence-corrected chi connectivity index (χ1v) is 14.8. The Morgan fingerprint density at radius 3 is 2.53 bits per heavy atom. The highest BCUT2D eigenvalue weighted by atomic mass is 16.5. The molecule has 1 aromatic carbocycles. The Bertz CT molecular complexity index is 1690. The minimum Gasteiger partial charge on any atom is -0.484 e. The summed E-state index contributed by atoms with van der Waals surface area (Å²) < 4.78 is 13.7. The van der Waals surface area contributed by atoms with E-state index in [9.17, 15) is 9.59 Å². The Hall–Kier alpha value is -4.54. The van der Waals surface area contributed by atoms with E-state index in [2.05, 4.69) is 37.7 Å². The summed E-state index contributed by atoms with van der Waals surface area (Å²) in [4.78, 5) is 34.2. The van der Waals surface area contributed by atoms with E-state index in [1.54, 1.807) is 13.0 Å². The van der Waals surface area contributed by atoms with Gasteiger partial charge in [0.15, 0.2) is 5.65 Å². The maximum Gasteiger partial charge on any atom is 0.376 e. The fourth-order valence-electron chi connectivity index (χ4n) is 5.44. The van der Waals surface area contributed by atoms with E-state index in [-0.39, 0.29) is 41.2 Å². The number of fused-ring (bicyclic) bond motifs is 2. The Kier molecular flexibility index (Phi) is 7.27. The molecule has 1 saturated carbocycles. The van der Waals surface area contributed by atoms with Crippen LogP contribution in [0, 0.1) is 0 Å². The van der Waals surface area contributed by atoms with Crippen LogP contribution < -0.4 is 15.4 Å². The second kappa shape index (κ2) is 10.9. The summed E-state index contributed by atoms with van der Waals surface area (Å²) in [6, 6.07) is 12.9. The van der Waals surface area contributed by atoms with Crippen LogP contribution in [-0.4, -0.2) is 43.2 Å². The first-order chi connectivity index (χ1) is 20.5. The molecule has 2 amide bonds. The third-order valence-electron chi connectivity index (χ3n) is 8.13. The number of esters is 1. The van der Waals surface area contributed by atoms with Crippen molar-refractivity contribution >= 4 is 23.5 Å². The molecule has 4 aromatic rings. The van der Waals surface area contributed by atoms with Crippen molar-refractivity contribution in [1.29, 1.82) is 0 Å². The zero-order valence-corrected chi connectivity index (χ0v) is 25.2. The number of carbonyl (C=O) groups is 2. The van der Waals surface area contributed by atoms with Crippen LogP contribution >= 0.6 is 0 Å².